The molecule has 3 rings (SSSR count). The fourth-order valence-electron chi connectivity index (χ4n) is 2.28. The van der Waals surface area contributed by atoms with Gasteiger partial charge in [-0.15, -0.1) is 0 Å². The Morgan fingerprint density at radius 1 is 1.13 bits per heavy atom. The number of nitro benzene ring substituents is 1. The van der Waals surface area contributed by atoms with Crippen molar-refractivity contribution in [1.82, 2.24) is 0 Å². The molecule has 5 nitrogen and oxygen atoms in total. The zero-order valence-electron chi connectivity index (χ0n) is 11.8. The van der Waals surface area contributed by atoms with E-state index in [1.54, 1.807) is 12.1 Å². The molecule has 0 aliphatic heterocycles. The SMILES string of the molecule is O=[N+]([O-])c1cc(N=Cc2c(O)ccc3ccccc23)ccc1F. The average Bonchev–Trinajstić information content (AvgIpc) is 2.55. The van der Waals surface area contributed by atoms with Crippen LogP contribution in [0.4, 0.5) is 15.8 Å². The molecule has 0 aliphatic rings. The van der Waals surface area contributed by atoms with E-state index < -0.39 is 16.4 Å². The van der Waals surface area contributed by atoms with Gasteiger partial charge in [-0.05, 0) is 29.0 Å². The molecule has 1 N–H and O–H groups in total. The summed E-state index contributed by atoms with van der Waals surface area (Å²) in [4.78, 5) is 14.1. The highest BCUT2D eigenvalue weighted by Crippen LogP contribution is 2.27. The molecule has 0 aromatic heterocycles. The zero-order chi connectivity index (χ0) is 16.4. The molecule has 0 heterocycles. The fourth-order valence-corrected chi connectivity index (χ4v) is 2.28. The van der Waals surface area contributed by atoms with Crippen molar-refractivity contribution < 1.29 is 14.4 Å². The van der Waals surface area contributed by atoms with Crippen molar-refractivity contribution >= 4 is 28.4 Å². The normalized spacial score (nSPS) is 11.2. The lowest BCUT2D eigenvalue weighted by atomic mass is 10.0. The van der Waals surface area contributed by atoms with Crippen LogP contribution in [0.15, 0.2) is 59.6 Å². The summed E-state index contributed by atoms with van der Waals surface area (Å²) >= 11 is 0. The first-order chi connectivity index (χ1) is 11.1. The number of aromatic hydroxyl groups is 1. The summed E-state index contributed by atoms with van der Waals surface area (Å²) in [5.74, 6) is -0.869. The monoisotopic (exact) mass is 310 g/mol. The summed E-state index contributed by atoms with van der Waals surface area (Å²) in [5.41, 5.74) is 0.0855. The first-order valence-corrected chi connectivity index (χ1v) is 6.75. The summed E-state index contributed by atoms with van der Waals surface area (Å²) in [6.07, 6.45) is 1.41. The first kappa shape index (κ1) is 14.6. The zero-order valence-corrected chi connectivity index (χ0v) is 11.8. The molecule has 0 unspecified atom stereocenters. The number of phenolic OH excluding ortho intramolecular Hbond substituents is 1. The maximum Gasteiger partial charge on any atom is 0.306 e. The molecule has 23 heavy (non-hydrogen) atoms. The number of rotatable bonds is 3. The van der Waals surface area contributed by atoms with E-state index >= 15 is 0 Å². The van der Waals surface area contributed by atoms with Gasteiger partial charge in [0.2, 0.25) is 5.82 Å². The van der Waals surface area contributed by atoms with Crippen molar-refractivity contribution in [2.24, 2.45) is 4.99 Å². The van der Waals surface area contributed by atoms with E-state index in [9.17, 15) is 19.6 Å². The Balaban J connectivity index is 2.06. The van der Waals surface area contributed by atoms with Crippen LogP contribution in [0.25, 0.3) is 10.8 Å². The summed E-state index contributed by atoms with van der Waals surface area (Å²) in [5, 5.41) is 22.5. The van der Waals surface area contributed by atoms with Gasteiger partial charge >= 0.3 is 5.69 Å². The second kappa shape index (κ2) is 5.84. The lowest BCUT2D eigenvalue weighted by Gasteiger charge is -2.04. The van der Waals surface area contributed by atoms with Gasteiger partial charge in [0.1, 0.15) is 5.75 Å². The van der Waals surface area contributed by atoms with Gasteiger partial charge in [0, 0.05) is 17.8 Å². The van der Waals surface area contributed by atoms with E-state index in [4.69, 9.17) is 0 Å². The maximum absolute atomic E-state index is 13.3. The highest BCUT2D eigenvalue weighted by atomic mass is 19.1. The third-order valence-electron chi connectivity index (χ3n) is 3.42. The topological polar surface area (TPSA) is 75.7 Å². The number of benzene rings is 3. The van der Waals surface area contributed by atoms with Crippen LogP contribution in [-0.4, -0.2) is 16.2 Å². The second-order valence-electron chi connectivity index (χ2n) is 4.87. The molecule has 0 saturated heterocycles. The Bertz CT molecular complexity index is 938. The minimum Gasteiger partial charge on any atom is -0.507 e. The molecule has 114 valence electrons. The number of fused-ring (bicyclic) bond motifs is 1. The van der Waals surface area contributed by atoms with Gasteiger partial charge in [-0.25, -0.2) is 0 Å². The van der Waals surface area contributed by atoms with Crippen molar-refractivity contribution in [2.75, 3.05) is 0 Å². The molecule has 0 fully saturated rings. The number of hydrogen-bond acceptors (Lipinski definition) is 4. The molecular weight excluding hydrogens is 299 g/mol. The van der Waals surface area contributed by atoms with Crippen LogP contribution in [-0.2, 0) is 0 Å². The van der Waals surface area contributed by atoms with Crippen molar-refractivity contribution in [3.05, 3.63) is 76.1 Å². The van der Waals surface area contributed by atoms with Gasteiger partial charge in [-0.1, -0.05) is 30.3 Å². The molecule has 0 bridgehead atoms. The molecule has 0 saturated carbocycles. The van der Waals surface area contributed by atoms with Gasteiger partial charge in [-0.2, -0.15) is 4.39 Å². The number of hydrogen-bond donors (Lipinski definition) is 1. The third kappa shape index (κ3) is 2.87. The van der Waals surface area contributed by atoms with Gasteiger partial charge < -0.3 is 5.11 Å². The van der Waals surface area contributed by atoms with Gasteiger partial charge in [0.05, 0.1) is 10.6 Å². The maximum atomic E-state index is 13.3. The van der Waals surface area contributed by atoms with Gasteiger partial charge in [0.15, 0.2) is 0 Å². The summed E-state index contributed by atoms with van der Waals surface area (Å²) < 4.78 is 13.3. The largest absolute Gasteiger partial charge is 0.507 e. The Labute approximate surface area is 130 Å². The molecule has 0 aliphatic carbocycles. The number of nitro groups is 1. The Morgan fingerprint density at radius 3 is 2.70 bits per heavy atom. The van der Waals surface area contributed by atoms with Crippen LogP contribution < -0.4 is 0 Å². The predicted molar refractivity (Wildman–Crippen MR) is 85.9 cm³/mol. The van der Waals surface area contributed by atoms with E-state index in [0.29, 0.717) is 5.56 Å². The van der Waals surface area contributed by atoms with E-state index in [1.807, 2.05) is 24.3 Å². The molecule has 0 atom stereocenters. The second-order valence-corrected chi connectivity index (χ2v) is 4.87. The highest BCUT2D eigenvalue weighted by molar-refractivity contribution is 6.03. The third-order valence-corrected chi connectivity index (χ3v) is 3.42. The molecular formula is C17H11FN2O3. The Hall–Kier alpha value is -3.28. The van der Waals surface area contributed by atoms with Crippen LogP contribution in [0.2, 0.25) is 0 Å². The first-order valence-electron chi connectivity index (χ1n) is 6.75. The number of aliphatic imine (C=N–C) groups is 1. The Morgan fingerprint density at radius 2 is 1.91 bits per heavy atom. The molecule has 0 spiro atoms. The van der Waals surface area contributed by atoms with Crippen molar-refractivity contribution in [3.63, 3.8) is 0 Å². The lowest BCUT2D eigenvalue weighted by molar-refractivity contribution is -0.387. The average molecular weight is 310 g/mol. The van der Waals surface area contributed by atoms with E-state index in [0.717, 1.165) is 22.9 Å². The number of phenols is 1. The lowest BCUT2D eigenvalue weighted by Crippen LogP contribution is -1.91. The van der Waals surface area contributed by atoms with Crippen LogP contribution in [0.5, 0.6) is 5.75 Å². The molecule has 3 aromatic carbocycles. The summed E-state index contributed by atoms with van der Waals surface area (Å²) in [7, 11) is 0. The molecule has 0 amide bonds. The summed E-state index contributed by atoms with van der Waals surface area (Å²) in [6, 6.07) is 14.2. The molecule has 0 radical (unpaired) electrons. The fraction of sp³-hybridized carbons (Fsp3) is 0. The van der Waals surface area contributed by atoms with E-state index in [-0.39, 0.29) is 11.4 Å². The van der Waals surface area contributed by atoms with Crippen LogP contribution in [0.1, 0.15) is 5.56 Å². The van der Waals surface area contributed by atoms with Crippen LogP contribution in [0, 0.1) is 15.9 Å². The van der Waals surface area contributed by atoms with Gasteiger partial charge in [-0.3, -0.25) is 15.1 Å². The van der Waals surface area contributed by atoms with Crippen LogP contribution >= 0.6 is 0 Å². The minimum absolute atomic E-state index is 0.0454. The molecule has 6 heteroatoms. The quantitative estimate of drug-likeness (QED) is 0.444. The predicted octanol–water partition coefficient (Wildman–Crippen LogP) is 4.34. The standard InChI is InChI=1S/C17H11FN2O3/c18-15-7-6-12(9-16(15)20(22)23)19-10-14-13-4-2-1-3-11(13)5-8-17(14)21/h1-10,21H. The van der Waals surface area contributed by atoms with Crippen molar-refractivity contribution in [3.8, 4) is 5.75 Å². The summed E-state index contributed by atoms with van der Waals surface area (Å²) in [6.45, 7) is 0. The van der Waals surface area contributed by atoms with Crippen molar-refractivity contribution in [1.29, 1.82) is 0 Å². The smallest absolute Gasteiger partial charge is 0.306 e. The van der Waals surface area contributed by atoms with Crippen molar-refractivity contribution in [2.45, 2.75) is 0 Å². The highest BCUT2D eigenvalue weighted by Gasteiger charge is 2.14. The van der Waals surface area contributed by atoms with Gasteiger partial charge in [0.25, 0.3) is 0 Å². The number of nitrogens with zero attached hydrogens (tertiary/aromatic N) is 2. The van der Waals surface area contributed by atoms with E-state index in [1.165, 1.54) is 12.3 Å². The van der Waals surface area contributed by atoms with E-state index in [2.05, 4.69) is 4.99 Å². The van der Waals surface area contributed by atoms with Crippen LogP contribution in [0.3, 0.4) is 0 Å². The Kier molecular flexibility index (Phi) is 3.72. The molecule has 3 aromatic rings. The minimum atomic E-state index is -0.915. The number of halogens is 1.